The Kier molecular flexibility index (Phi) is 17.0. The van der Waals surface area contributed by atoms with Crippen molar-refractivity contribution in [3.8, 4) is 11.5 Å². The maximum Gasteiger partial charge on any atom is 0.412 e. The van der Waals surface area contributed by atoms with Gasteiger partial charge >= 0.3 is 30.0 Å². The minimum absolute atomic E-state index is 0.0171. The second kappa shape index (κ2) is 24.8. The number of benzene rings is 2. The number of ketones is 2. The number of amides is 1. The number of fused-ring (bicyclic) bond motifs is 8. The molecular formula is C68H78F2N6O18. The summed E-state index contributed by atoms with van der Waals surface area (Å²) in [6, 6.07) is 1.43. The van der Waals surface area contributed by atoms with Gasteiger partial charge in [-0.2, -0.15) is 0 Å². The number of aliphatic hydroxyl groups excluding tert-OH is 1. The van der Waals surface area contributed by atoms with Crippen LogP contribution in [0.2, 0.25) is 0 Å². The first-order valence-corrected chi connectivity index (χ1v) is 32.6. The zero-order valence-corrected chi connectivity index (χ0v) is 53.2. The van der Waals surface area contributed by atoms with Crippen molar-refractivity contribution in [2.75, 3.05) is 83.5 Å². The first-order chi connectivity index (χ1) is 45.0. The van der Waals surface area contributed by atoms with Crippen molar-refractivity contribution in [3.63, 3.8) is 0 Å². The van der Waals surface area contributed by atoms with E-state index in [1.54, 1.807) is 27.0 Å². The molecular weight excluding hydrogens is 1230 g/mol. The number of halogens is 2. The molecule has 10 atom stereocenters. The van der Waals surface area contributed by atoms with Crippen molar-refractivity contribution >= 4 is 74.7 Å². The number of rotatable bonds is 18. The second-order valence-electron chi connectivity index (χ2n) is 27.4. The van der Waals surface area contributed by atoms with Crippen molar-refractivity contribution in [3.05, 3.63) is 91.5 Å². The molecule has 3 aliphatic heterocycles. The Balaban J connectivity index is 0.615. The maximum absolute atomic E-state index is 16.8. The van der Waals surface area contributed by atoms with Crippen LogP contribution >= 0.6 is 0 Å². The fourth-order valence-corrected chi connectivity index (χ4v) is 17.1. The number of carbonyl (C=O) groups is 7. The second-order valence-corrected chi connectivity index (χ2v) is 27.4. The van der Waals surface area contributed by atoms with Gasteiger partial charge in [0.05, 0.1) is 61.0 Å². The zero-order valence-electron chi connectivity index (χ0n) is 53.2. The molecule has 5 saturated carbocycles. The fraction of sp³-hybridized carbons (Fsp3) is 0.574. The van der Waals surface area contributed by atoms with Gasteiger partial charge in [-0.3, -0.25) is 28.8 Å². The summed E-state index contributed by atoms with van der Waals surface area (Å²) < 4.78 is 74.5. The molecule has 502 valence electrons. The summed E-state index contributed by atoms with van der Waals surface area (Å²) in [5.41, 5.74) is -4.14. The van der Waals surface area contributed by atoms with E-state index >= 15 is 8.78 Å². The summed E-state index contributed by atoms with van der Waals surface area (Å²) >= 11 is 0. The molecule has 2 aromatic heterocycles. The number of allylic oxidation sites excluding steroid dienone is 4. The first kappa shape index (κ1) is 64.5. The van der Waals surface area contributed by atoms with Crippen molar-refractivity contribution < 1.29 is 85.7 Å². The van der Waals surface area contributed by atoms with Crippen molar-refractivity contribution in [1.82, 2.24) is 19.4 Å². The number of likely N-dealkylation sites (tertiary alicyclic amines) is 1. The topological polar surface area (TPSA) is 290 Å². The van der Waals surface area contributed by atoms with Gasteiger partial charge in [0.1, 0.15) is 28.1 Å². The number of anilines is 2. The highest BCUT2D eigenvalue weighted by molar-refractivity contribution is 6.02. The summed E-state index contributed by atoms with van der Waals surface area (Å²) in [5.74, 6) is -6.81. The average molecular weight is 1310 g/mol. The molecule has 4 aromatic rings. The van der Waals surface area contributed by atoms with Crippen LogP contribution in [0.4, 0.5) is 25.0 Å². The molecule has 8 fully saturated rings. The number of nitrogens with one attached hydrogen (secondary N) is 1. The van der Waals surface area contributed by atoms with E-state index < -0.39 is 125 Å². The van der Waals surface area contributed by atoms with Gasteiger partial charge in [0, 0.05) is 86.5 Å². The number of carbonyl (C=O) groups excluding carboxylic acids is 7. The minimum atomic E-state index is -1.89. The number of piperidine rings is 1. The Morgan fingerprint density at radius 1 is 0.723 bits per heavy atom. The van der Waals surface area contributed by atoms with E-state index in [1.165, 1.54) is 37.6 Å². The highest BCUT2D eigenvalue weighted by atomic mass is 19.1. The number of hydrogen-bond acceptors (Lipinski definition) is 21. The van der Waals surface area contributed by atoms with Gasteiger partial charge in [0.2, 0.25) is 30.2 Å². The Hall–Kier alpha value is -8.23. The summed E-state index contributed by atoms with van der Waals surface area (Å²) in [6.45, 7) is 5.56. The molecule has 13 rings (SSSR count). The van der Waals surface area contributed by atoms with Crippen molar-refractivity contribution in [2.24, 2.45) is 34.5 Å². The van der Waals surface area contributed by atoms with Crippen LogP contribution in [-0.2, 0) is 42.9 Å². The van der Waals surface area contributed by atoms with Crippen LogP contribution in [0.1, 0.15) is 137 Å². The third-order valence-corrected chi connectivity index (χ3v) is 21.9. The van der Waals surface area contributed by atoms with Gasteiger partial charge in [-0.05, 0) is 120 Å². The molecule has 5 heterocycles. The molecule has 0 spiro atoms. The smallest absolute Gasteiger partial charge is 0.412 e. The minimum Gasteiger partial charge on any atom is -0.492 e. The predicted molar refractivity (Wildman–Crippen MR) is 332 cm³/mol. The highest BCUT2D eigenvalue weighted by Gasteiger charge is 2.68. The molecule has 26 heteroatoms. The Labute approximate surface area is 539 Å². The fourth-order valence-electron chi connectivity index (χ4n) is 17.1. The lowest BCUT2D eigenvalue weighted by Crippen LogP contribution is -2.61. The standard InChI is InChI=1S/C68H78F2N6O18/c1-35-27-72(22-20-71-35)57-47(69)24-42-55(61(57)88-4)75(38-9-10-38)30-45(59(42)82)64(85)93-34-94-65(86)74-21-6-7-36-28-73(31-49(36)74)58-48(70)25-43-56(62(58)89-5)76(39-11-12-39)29-44(60(43)83)63(84)92-33-91-53(81)15-14-52(80)90-32-51(79)68(87)19-17-46-41-13-8-37-23-40(77)16-18-66(37,2)54(41)50(78)26-67(46,68)3/h16,18,23-25,29-30,35-36,38-39,41,46,49-50,54,71,78,87H,6-15,17,19-22,26-28,31-34H2,1-5H3/t35?,36?,41-,46-,49?,50-,54+,66-,67-,68-/m0/s1. The number of aliphatic hydroxyl groups is 2. The molecule has 6 aliphatic carbocycles. The van der Waals surface area contributed by atoms with Crippen LogP contribution in [0.3, 0.4) is 0 Å². The molecule has 24 nitrogen and oxygen atoms in total. The van der Waals surface area contributed by atoms with E-state index in [9.17, 15) is 53.4 Å². The normalized spacial score (nSPS) is 28.6. The first-order valence-electron chi connectivity index (χ1n) is 32.6. The quantitative estimate of drug-likeness (QED) is 0.0545. The van der Waals surface area contributed by atoms with E-state index in [2.05, 4.69) is 5.32 Å². The highest BCUT2D eigenvalue weighted by Crippen LogP contribution is 2.67. The SMILES string of the molecule is COc1c(N2CCNC(C)C2)c(F)cc2c(=O)c(C(=O)OCOC(=O)N3CCCC4CN(c5c(F)cc6c(=O)c(C(=O)OCOC(=O)CCC(=O)OCC(=O)[C@@]7(O)CC[C@H]8[C@@H]9CCC%10=CC(=O)C=C[C@]%10(C)[C@H]9[C@@H](O)C[C@@]87C)cn(C7CC7)c6c5OC)CC43)cn(C3CC3)c12. The summed E-state index contributed by atoms with van der Waals surface area (Å²) in [5, 5.41) is 26.9. The number of ether oxygens (including phenoxy) is 7. The lowest BCUT2D eigenvalue weighted by Gasteiger charge is -2.59. The molecule has 0 radical (unpaired) electrons. The van der Waals surface area contributed by atoms with E-state index in [0.717, 1.165) is 30.5 Å². The molecule has 3 unspecified atom stereocenters. The van der Waals surface area contributed by atoms with Crippen molar-refractivity contribution in [2.45, 2.75) is 140 Å². The Morgan fingerprint density at radius 2 is 1.32 bits per heavy atom. The van der Waals surface area contributed by atoms with E-state index in [1.807, 2.05) is 24.8 Å². The summed E-state index contributed by atoms with van der Waals surface area (Å²) in [7, 11) is 2.75. The van der Waals surface area contributed by atoms with Gasteiger partial charge in [-0.15, -0.1) is 0 Å². The number of esters is 4. The zero-order chi connectivity index (χ0) is 66.4. The number of piperazine rings is 1. The number of pyridine rings is 2. The van der Waals surface area contributed by atoms with E-state index in [0.29, 0.717) is 70.1 Å². The number of hydrogen-bond donors (Lipinski definition) is 3. The molecule has 3 saturated heterocycles. The van der Waals surface area contributed by atoms with E-state index in [4.69, 9.17) is 33.2 Å². The van der Waals surface area contributed by atoms with Crippen LogP contribution < -0.4 is 35.4 Å². The molecule has 0 bridgehead atoms. The number of nitrogens with zero attached hydrogens (tertiary/aromatic N) is 5. The largest absolute Gasteiger partial charge is 0.492 e. The predicted octanol–water partition coefficient (Wildman–Crippen LogP) is 6.49. The molecule has 1 amide bonds. The Bertz CT molecular complexity index is 4030. The molecule has 94 heavy (non-hydrogen) atoms. The number of aromatic nitrogens is 2. The van der Waals surface area contributed by atoms with Gasteiger partial charge in [-0.1, -0.05) is 25.5 Å². The van der Waals surface area contributed by atoms with Gasteiger partial charge in [0.25, 0.3) is 0 Å². The van der Waals surface area contributed by atoms with Crippen LogP contribution in [0.5, 0.6) is 11.5 Å². The van der Waals surface area contributed by atoms with Gasteiger partial charge < -0.3 is 72.5 Å². The van der Waals surface area contributed by atoms with Crippen molar-refractivity contribution in [1.29, 1.82) is 0 Å². The lowest BCUT2D eigenvalue weighted by molar-refractivity contribution is -0.181. The van der Waals surface area contributed by atoms with E-state index in [-0.39, 0.29) is 125 Å². The van der Waals surface area contributed by atoms with Crippen LogP contribution in [-0.4, -0.2) is 163 Å². The maximum atomic E-state index is 16.8. The monoisotopic (exact) mass is 1300 g/mol. The third kappa shape index (κ3) is 11.2. The van der Waals surface area contributed by atoms with Gasteiger partial charge in [-0.25, -0.2) is 23.2 Å². The number of methoxy groups -OCH3 is 2. The molecule has 3 N–H and O–H groups in total. The van der Waals surface area contributed by atoms with Crippen LogP contribution in [0.25, 0.3) is 21.8 Å². The lowest BCUT2D eigenvalue weighted by atomic mass is 9.46. The van der Waals surface area contributed by atoms with Crippen LogP contribution in [0, 0.1) is 46.1 Å². The van der Waals surface area contributed by atoms with Crippen LogP contribution in [0.15, 0.2) is 57.9 Å². The summed E-state index contributed by atoms with van der Waals surface area (Å²) in [4.78, 5) is 126. The Morgan fingerprint density at radius 3 is 1.91 bits per heavy atom. The number of Topliss-reactive ketones (excluding diaryl/α,β-unsaturated/α-hetero) is 1. The molecule has 9 aliphatic rings. The average Bonchev–Trinajstić information content (AvgIpc) is 1.45. The molecule has 2 aromatic carbocycles. The van der Waals surface area contributed by atoms with Gasteiger partial charge in [0.15, 0.2) is 35.5 Å². The third-order valence-electron chi connectivity index (χ3n) is 21.9. The summed E-state index contributed by atoms with van der Waals surface area (Å²) in [6.07, 6.45) is 11.2.